The smallest absolute Gasteiger partial charge is 0.223 e. The van der Waals surface area contributed by atoms with Gasteiger partial charge in [-0.2, -0.15) is 0 Å². The fourth-order valence-corrected chi connectivity index (χ4v) is 4.67. The van der Waals surface area contributed by atoms with Crippen LogP contribution >= 0.6 is 0 Å². The highest BCUT2D eigenvalue weighted by Crippen LogP contribution is 2.48. The van der Waals surface area contributed by atoms with Crippen molar-refractivity contribution >= 4 is 5.91 Å². The summed E-state index contributed by atoms with van der Waals surface area (Å²) in [4.78, 5) is 15.0. The molecular formula is C19H24F2N2O. The van der Waals surface area contributed by atoms with Crippen molar-refractivity contribution in [3.05, 3.63) is 35.4 Å². The molecular weight excluding hydrogens is 310 g/mol. The third-order valence-corrected chi connectivity index (χ3v) is 6.18. The predicted octanol–water partition coefficient (Wildman–Crippen LogP) is 3.20. The van der Waals surface area contributed by atoms with Crippen LogP contribution in [-0.4, -0.2) is 36.0 Å². The predicted molar refractivity (Wildman–Crippen MR) is 87.6 cm³/mol. The first-order chi connectivity index (χ1) is 11.5. The van der Waals surface area contributed by atoms with Gasteiger partial charge in [-0.25, -0.2) is 8.78 Å². The van der Waals surface area contributed by atoms with E-state index in [1.165, 1.54) is 31.4 Å². The van der Waals surface area contributed by atoms with Crippen molar-refractivity contribution in [2.45, 2.75) is 62.6 Å². The van der Waals surface area contributed by atoms with Gasteiger partial charge in [0.2, 0.25) is 5.91 Å². The molecule has 1 aromatic carbocycles. The van der Waals surface area contributed by atoms with Crippen molar-refractivity contribution in [1.29, 1.82) is 0 Å². The number of hydrogen-bond donors (Lipinski definition) is 1. The molecule has 0 aromatic heterocycles. The fourth-order valence-electron chi connectivity index (χ4n) is 4.67. The van der Waals surface area contributed by atoms with E-state index in [-0.39, 0.29) is 23.8 Å². The molecule has 0 unspecified atom stereocenters. The van der Waals surface area contributed by atoms with Crippen LogP contribution in [0.4, 0.5) is 8.78 Å². The molecule has 1 N–H and O–H groups in total. The van der Waals surface area contributed by atoms with Crippen LogP contribution in [0.1, 0.15) is 50.0 Å². The molecule has 5 heteroatoms. The van der Waals surface area contributed by atoms with E-state index in [0.29, 0.717) is 24.1 Å². The molecule has 1 saturated carbocycles. The minimum Gasteiger partial charge on any atom is -0.353 e. The van der Waals surface area contributed by atoms with Crippen molar-refractivity contribution in [1.82, 2.24) is 10.2 Å². The minimum atomic E-state index is -0.573. The Bertz CT molecular complexity index is 636. The quantitative estimate of drug-likeness (QED) is 0.921. The largest absolute Gasteiger partial charge is 0.353 e. The highest BCUT2D eigenvalue weighted by molar-refractivity contribution is 5.83. The molecule has 0 spiro atoms. The van der Waals surface area contributed by atoms with Gasteiger partial charge in [0.25, 0.3) is 0 Å². The zero-order valence-electron chi connectivity index (χ0n) is 14.0. The number of benzene rings is 1. The van der Waals surface area contributed by atoms with Crippen molar-refractivity contribution in [2.75, 3.05) is 7.05 Å². The number of piperidine rings is 2. The SMILES string of the molecule is CN1[C@H]2CCC[C@H]1CC(NC(=O)[C@H]1C[C@H]1c1ccc(F)cc1F)C2. The zero-order chi connectivity index (χ0) is 16.8. The number of amides is 1. The van der Waals surface area contributed by atoms with Gasteiger partial charge in [-0.1, -0.05) is 12.5 Å². The molecule has 1 aliphatic carbocycles. The van der Waals surface area contributed by atoms with E-state index in [9.17, 15) is 13.6 Å². The van der Waals surface area contributed by atoms with Gasteiger partial charge in [0.05, 0.1) is 0 Å². The minimum absolute atomic E-state index is 0.0383. The Kier molecular flexibility index (Phi) is 4.07. The molecule has 2 saturated heterocycles. The Labute approximate surface area is 141 Å². The summed E-state index contributed by atoms with van der Waals surface area (Å²) in [7, 11) is 2.20. The Morgan fingerprint density at radius 3 is 2.54 bits per heavy atom. The first kappa shape index (κ1) is 16.0. The van der Waals surface area contributed by atoms with Gasteiger partial charge in [-0.3, -0.25) is 4.79 Å². The summed E-state index contributed by atoms with van der Waals surface area (Å²) >= 11 is 0. The summed E-state index contributed by atoms with van der Waals surface area (Å²) in [6.07, 6.45) is 6.41. The lowest BCUT2D eigenvalue weighted by molar-refractivity contribution is -0.123. The first-order valence-electron chi connectivity index (χ1n) is 9.00. The molecule has 2 bridgehead atoms. The number of nitrogens with one attached hydrogen (secondary N) is 1. The molecule has 1 amide bonds. The van der Waals surface area contributed by atoms with Gasteiger partial charge in [0.1, 0.15) is 11.6 Å². The molecule has 0 radical (unpaired) electrons. The van der Waals surface area contributed by atoms with Crippen LogP contribution in [0, 0.1) is 17.6 Å². The van der Waals surface area contributed by atoms with Crippen LogP contribution in [0.25, 0.3) is 0 Å². The van der Waals surface area contributed by atoms with Gasteiger partial charge in [0, 0.05) is 30.1 Å². The van der Waals surface area contributed by atoms with E-state index in [2.05, 4.69) is 17.3 Å². The van der Waals surface area contributed by atoms with Gasteiger partial charge in [-0.05, 0) is 56.7 Å². The molecule has 2 aliphatic heterocycles. The second-order valence-corrected chi connectivity index (χ2v) is 7.70. The number of carbonyl (C=O) groups excluding carboxylic acids is 1. The second kappa shape index (κ2) is 6.10. The van der Waals surface area contributed by atoms with Crippen LogP contribution in [0.3, 0.4) is 0 Å². The molecule has 1 aromatic rings. The van der Waals surface area contributed by atoms with Crippen molar-refractivity contribution < 1.29 is 13.6 Å². The third-order valence-electron chi connectivity index (χ3n) is 6.18. The standard InChI is InChI=1S/C19H24F2N2O/c1-23-13-3-2-4-14(23)9-12(8-13)22-19(24)17-10-16(17)15-6-5-11(20)7-18(15)21/h5-7,12-14,16-17H,2-4,8-10H2,1H3,(H,22,24)/t13-,14-,16-,17-/m0/s1. The zero-order valence-corrected chi connectivity index (χ0v) is 14.0. The molecule has 4 atom stereocenters. The van der Waals surface area contributed by atoms with Gasteiger partial charge in [0.15, 0.2) is 0 Å². The Morgan fingerprint density at radius 2 is 1.88 bits per heavy atom. The maximum absolute atomic E-state index is 13.9. The lowest BCUT2D eigenvalue weighted by atomic mass is 9.82. The molecule has 130 valence electrons. The van der Waals surface area contributed by atoms with Gasteiger partial charge >= 0.3 is 0 Å². The lowest BCUT2D eigenvalue weighted by Crippen LogP contribution is -2.55. The van der Waals surface area contributed by atoms with E-state index >= 15 is 0 Å². The number of carbonyl (C=O) groups is 1. The molecule has 3 fully saturated rings. The molecule has 3 nitrogen and oxygen atoms in total. The van der Waals surface area contributed by atoms with Crippen molar-refractivity contribution in [3.63, 3.8) is 0 Å². The maximum Gasteiger partial charge on any atom is 0.223 e. The summed E-state index contributed by atoms with van der Waals surface area (Å²) in [5, 5.41) is 3.20. The van der Waals surface area contributed by atoms with E-state index in [0.717, 1.165) is 18.9 Å². The topological polar surface area (TPSA) is 32.3 Å². The number of fused-ring (bicyclic) bond motifs is 2. The van der Waals surface area contributed by atoms with Crippen LogP contribution < -0.4 is 5.32 Å². The summed E-state index contributed by atoms with van der Waals surface area (Å²) in [5.74, 6) is -1.34. The first-order valence-corrected chi connectivity index (χ1v) is 9.00. The maximum atomic E-state index is 13.9. The summed E-state index contributed by atoms with van der Waals surface area (Å²) in [6, 6.07) is 5.04. The number of rotatable bonds is 3. The molecule has 2 heterocycles. The average molecular weight is 334 g/mol. The summed E-state index contributed by atoms with van der Waals surface area (Å²) in [5.41, 5.74) is 0.469. The molecule has 3 aliphatic rings. The highest BCUT2D eigenvalue weighted by Gasteiger charge is 2.46. The lowest BCUT2D eigenvalue weighted by Gasteiger charge is -2.47. The number of halogens is 2. The van der Waals surface area contributed by atoms with Crippen molar-refractivity contribution in [3.8, 4) is 0 Å². The van der Waals surface area contributed by atoms with Crippen molar-refractivity contribution in [2.24, 2.45) is 5.92 Å². The van der Waals surface area contributed by atoms with E-state index in [4.69, 9.17) is 0 Å². The van der Waals surface area contributed by atoms with Gasteiger partial charge < -0.3 is 10.2 Å². The number of nitrogens with zero attached hydrogens (tertiary/aromatic N) is 1. The number of hydrogen-bond acceptors (Lipinski definition) is 2. The fraction of sp³-hybridized carbons (Fsp3) is 0.632. The Balaban J connectivity index is 1.36. The van der Waals surface area contributed by atoms with E-state index < -0.39 is 11.6 Å². The van der Waals surface area contributed by atoms with E-state index in [1.54, 1.807) is 0 Å². The molecule has 4 rings (SSSR count). The van der Waals surface area contributed by atoms with Gasteiger partial charge in [-0.15, -0.1) is 0 Å². The average Bonchev–Trinajstić information content (AvgIpc) is 3.28. The third kappa shape index (κ3) is 2.94. The highest BCUT2D eigenvalue weighted by atomic mass is 19.1. The normalized spacial score (nSPS) is 35.5. The summed E-state index contributed by atoms with van der Waals surface area (Å²) in [6.45, 7) is 0. The van der Waals surface area contributed by atoms with Crippen LogP contribution in [0.5, 0.6) is 0 Å². The molecule has 24 heavy (non-hydrogen) atoms. The Morgan fingerprint density at radius 1 is 1.17 bits per heavy atom. The monoisotopic (exact) mass is 334 g/mol. The van der Waals surface area contributed by atoms with Crippen LogP contribution in [0.2, 0.25) is 0 Å². The summed E-state index contributed by atoms with van der Waals surface area (Å²) < 4.78 is 26.9. The Hall–Kier alpha value is -1.49. The van der Waals surface area contributed by atoms with E-state index in [1.807, 2.05) is 0 Å². The van der Waals surface area contributed by atoms with Crippen LogP contribution in [0.15, 0.2) is 18.2 Å². The second-order valence-electron chi connectivity index (χ2n) is 7.70. The van der Waals surface area contributed by atoms with Crippen LogP contribution in [-0.2, 0) is 4.79 Å².